The number of ether oxygens (including phenoxy) is 1. The number of aryl methyl sites for hydroxylation is 1. The molecular weight excluding hydrogens is 377 g/mol. The maximum Gasteiger partial charge on any atom is 0.236 e. The summed E-state index contributed by atoms with van der Waals surface area (Å²) in [5, 5.41) is 2.93. The van der Waals surface area contributed by atoms with Gasteiger partial charge in [0.25, 0.3) is 0 Å². The fourth-order valence-corrected chi connectivity index (χ4v) is 3.43. The van der Waals surface area contributed by atoms with E-state index in [1.54, 1.807) is 0 Å². The van der Waals surface area contributed by atoms with Crippen molar-refractivity contribution in [1.82, 2.24) is 20.2 Å². The molecule has 0 saturated carbocycles. The van der Waals surface area contributed by atoms with Crippen molar-refractivity contribution >= 4 is 36.5 Å². The van der Waals surface area contributed by atoms with E-state index in [2.05, 4.69) is 26.3 Å². The Morgan fingerprint density at radius 1 is 1.19 bits per heavy atom. The van der Waals surface area contributed by atoms with Crippen molar-refractivity contribution in [3.8, 4) is 0 Å². The van der Waals surface area contributed by atoms with Crippen LogP contribution >= 0.6 is 24.8 Å². The maximum absolute atomic E-state index is 12.0. The molecule has 0 radical (unpaired) electrons. The number of rotatable bonds is 4. The third-order valence-electron chi connectivity index (χ3n) is 4.77. The number of nitrogens with zero attached hydrogens (tertiary/aromatic N) is 4. The Morgan fingerprint density at radius 3 is 2.46 bits per heavy atom. The van der Waals surface area contributed by atoms with Gasteiger partial charge >= 0.3 is 0 Å². The number of carbonyl (C=O) groups excluding carboxylic acids is 1. The van der Waals surface area contributed by atoms with Gasteiger partial charge in [0.15, 0.2) is 0 Å². The number of amides is 1. The van der Waals surface area contributed by atoms with Gasteiger partial charge in [0.2, 0.25) is 5.91 Å². The number of aromatic nitrogens is 2. The fourth-order valence-electron chi connectivity index (χ4n) is 3.43. The number of morpholine rings is 1. The maximum atomic E-state index is 12.0. The van der Waals surface area contributed by atoms with Crippen molar-refractivity contribution in [2.75, 3.05) is 57.9 Å². The molecule has 7 nitrogen and oxygen atoms in total. The monoisotopic (exact) mass is 405 g/mol. The number of likely N-dealkylation sites (tertiary alicyclic amines) is 1. The summed E-state index contributed by atoms with van der Waals surface area (Å²) >= 11 is 0. The first-order valence-corrected chi connectivity index (χ1v) is 8.78. The van der Waals surface area contributed by atoms with Crippen LogP contribution in [-0.4, -0.2) is 73.8 Å². The molecule has 2 aliphatic heterocycles. The number of hydrogen-bond donors (Lipinski definition) is 1. The van der Waals surface area contributed by atoms with Gasteiger partial charge in [-0.05, 0) is 26.8 Å². The smallest absolute Gasteiger partial charge is 0.236 e. The minimum absolute atomic E-state index is 0. The van der Waals surface area contributed by atoms with Crippen molar-refractivity contribution in [2.45, 2.75) is 25.7 Å². The molecule has 1 amide bonds. The molecule has 1 N–H and O–H groups in total. The molecule has 0 aliphatic carbocycles. The van der Waals surface area contributed by atoms with E-state index in [-0.39, 0.29) is 30.7 Å². The Balaban J connectivity index is 0.00000169. The Kier molecular flexibility index (Phi) is 9.57. The second kappa shape index (κ2) is 10.9. The summed E-state index contributed by atoms with van der Waals surface area (Å²) < 4.78 is 5.42. The second-order valence-electron chi connectivity index (χ2n) is 6.48. The van der Waals surface area contributed by atoms with Crippen molar-refractivity contribution < 1.29 is 9.53 Å². The van der Waals surface area contributed by atoms with Crippen LogP contribution in [0, 0.1) is 6.92 Å². The Labute approximate surface area is 167 Å². The molecule has 0 aromatic carbocycles. The average molecular weight is 406 g/mol. The van der Waals surface area contributed by atoms with Crippen molar-refractivity contribution in [3.05, 3.63) is 17.6 Å². The minimum Gasteiger partial charge on any atom is -0.378 e. The molecule has 3 rings (SSSR count). The van der Waals surface area contributed by atoms with Gasteiger partial charge in [-0.15, -0.1) is 24.8 Å². The van der Waals surface area contributed by atoms with Crippen molar-refractivity contribution in [2.24, 2.45) is 0 Å². The highest BCUT2D eigenvalue weighted by molar-refractivity contribution is 5.85. The largest absolute Gasteiger partial charge is 0.378 e. The summed E-state index contributed by atoms with van der Waals surface area (Å²) in [4.78, 5) is 25.5. The Hall–Kier alpha value is -1.15. The highest BCUT2D eigenvalue weighted by Crippen LogP contribution is 2.29. The van der Waals surface area contributed by atoms with Crippen LogP contribution in [0.3, 0.4) is 0 Å². The number of piperidine rings is 1. The van der Waals surface area contributed by atoms with Crippen molar-refractivity contribution in [3.63, 3.8) is 0 Å². The molecule has 26 heavy (non-hydrogen) atoms. The van der Waals surface area contributed by atoms with Crippen LogP contribution < -0.4 is 10.2 Å². The van der Waals surface area contributed by atoms with Gasteiger partial charge in [0.05, 0.1) is 19.8 Å². The van der Waals surface area contributed by atoms with E-state index in [9.17, 15) is 4.79 Å². The van der Waals surface area contributed by atoms with Gasteiger partial charge in [0, 0.05) is 43.9 Å². The number of carbonyl (C=O) groups is 1. The van der Waals surface area contributed by atoms with Gasteiger partial charge in [0.1, 0.15) is 11.6 Å². The van der Waals surface area contributed by atoms with Crippen LogP contribution in [0.1, 0.15) is 30.3 Å². The quantitative estimate of drug-likeness (QED) is 0.815. The van der Waals surface area contributed by atoms with Gasteiger partial charge in [-0.3, -0.25) is 4.79 Å². The zero-order valence-electron chi connectivity index (χ0n) is 15.4. The molecule has 1 aromatic heterocycles. The molecule has 2 saturated heterocycles. The highest BCUT2D eigenvalue weighted by Gasteiger charge is 2.25. The molecule has 2 fully saturated rings. The van der Waals surface area contributed by atoms with Gasteiger partial charge in [-0.1, -0.05) is 0 Å². The van der Waals surface area contributed by atoms with Crippen molar-refractivity contribution in [1.29, 1.82) is 0 Å². The van der Waals surface area contributed by atoms with Crippen LogP contribution in [-0.2, 0) is 9.53 Å². The number of likely N-dealkylation sites (N-methyl/N-ethyl adjacent to an activating group) is 1. The van der Waals surface area contributed by atoms with Crippen LogP contribution in [0.2, 0.25) is 0 Å². The summed E-state index contributed by atoms with van der Waals surface area (Å²) in [6, 6.07) is 2.13. The predicted octanol–water partition coefficient (Wildman–Crippen LogP) is 1.39. The molecule has 0 atom stereocenters. The lowest BCUT2D eigenvalue weighted by Gasteiger charge is -2.33. The summed E-state index contributed by atoms with van der Waals surface area (Å²) in [6.45, 7) is 7.26. The van der Waals surface area contributed by atoms with Gasteiger partial charge < -0.3 is 19.9 Å². The zero-order chi connectivity index (χ0) is 16.9. The van der Waals surface area contributed by atoms with E-state index >= 15 is 0 Å². The molecule has 1 aromatic rings. The number of halogens is 2. The molecule has 9 heteroatoms. The molecule has 0 unspecified atom stereocenters. The molecule has 0 spiro atoms. The minimum atomic E-state index is 0. The van der Waals surface area contributed by atoms with E-state index < -0.39 is 0 Å². The Morgan fingerprint density at radius 2 is 1.85 bits per heavy atom. The summed E-state index contributed by atoms with van der Waals surface area (Å²) in [6.07, 6.45) is 1.93. The van der Waals surface area contributed by atoms with Gasteiger partial charge in [-0.25, -0.2) is 9.97 Å². The molecule has 3 heterocycles. The molecule has 2 aliphatic rings. The first-order valence-electron chi connectivity index (χ1n) is 8.78. The molecule has 148 valence electrons. The zero-order valence-corrected chi connectivity index (χ0v) is 17.1. The topological polar surface area (TPSA) is 70.6 Å². The third-order valence-corrected chi connectivity index (χ3v) is 4.77. The number of nitrogens with one attached hydrogen (secondary N) is 1. The first kappa shape index (κ1) is 22.9. The van der Waals surface area contributed by atoms with Crippen LogP contribution in [0.4, 0.5) is 5.82 Å². The van der Waals surface area contributed by atoms with Crippen LogP contribution in [0.25, 0.3) is 0 Å². The lowest BCUT2D eigenvalue weighted by molar-refractivity contribution is -0.131. The van der Waals surface area contributed by atoms with E-state index in [0.717, 1.165) is 69.6 Å². The van der Waals surface area contributed by atoms with E-state index in [4.69, 9.17) is 4.74 Å². The normalized spacial score (nSPS) is 18.1. The summed E-state index contributed by atoms with van der Waals surface area (Å²) in [7, 11) is 1.81. The van der Waals surface area contributed by atoms with Crippen LogP contribution in [0.5, 0.6) is 0 Å². The van der Waals surface area contributed by atoms with Crippen LogP contribution in [0.15, 0.2) is 6.07 Å². The number of anilines is 1. The standard InChI is InChI=1S/C17H27N5O2.2ClH/c1-13-19-15(11-16(20-13)21-7-9-24-10-8-21)14-3-5-22(6-4-14)17(23)12-18-2;;/h11,14,18H,3-10,12H2,1-2H3;2*1H. The highest BCUT2D eigenvalue weighted by atomic mass is 35.5. The van der Waals surface area contributed by atoms with E-state index in [1.165, 1.54) is 0 Å². The fraction of sp³-hybridized carbons (Fsp3) is 0.706. The van der Waals surface area contributed by atoms with E-state index in [1.807, 2.05) is 18.9 Å². The van der Waals surface area contributed by atoms with E-state index in [0.29, 0.717) is 12.5 Å². The summed E-state index contributed by atoms with van der Waals surface area (Å²) in [5.41, 5.74) is 1.12. The lowest BCUT2D eigenvalue weighted by Crippen LogP contribution is -2.42. The second-order valence-corrected chi connectivity index (χ2v) is 6.48. The lowest BCUT2D eigenvalue weighted by atomic mass is 9.93. The summed E-state index contributed by atoms with van der Waals surface area (Å²) in [5.74, 6) is 2.42. The first-order chi connectivity index (χ1) is 11.7. The number of hydrogen-bond acceptors (Lipinski definition) is 6. The third kappa shape index (κ3) is 5.67. The average Bonchev–Trinajstić information content (AvgIpc) is 2.62. The molecular formula is C17H29Cl2N5O2. The molecule has 0 bridgehead atoms. The van der Waals surface area contributed by atoms with Gasteiger partial charge in [-0.2, -0.15) is 0 Å². The Bertz CT molecular complexity index is 576. The SMILES string of the molecule is CNCC(=O)N1CCC(c2cc(N3CCOCC3)nc(C)n2)CC1.Cl.Cl. The predicted molar refractivity (Wildman–Crippen MR) is 107 cm³/mol.